The normalized spacial score (nSPS) is 11.6. The van der Waals surface area contributed by atoms with E-state index in [1.807, 2.05) is 0 Å². The Bertz CT molecular complexity index is 368. The molecule has 0 aromatic carbocycles. The molecule has 2 N–H and O–H groups in total. The molecule has 0 aliphatic carbocycles. The fraction of sp³-hybridized carbons (Fsp3) is 0.444. The van der Waals surface area contributed by atoms with Crippen molar-refractivity contribution in [1.82, 2.24) is 4.98 Å². The van der Waals surface area contributed by atoms with E-state index in [0.717, 1.165) is 0 Å². The number of rotatable bonds is 3. The highest BCUT2D eigenvalue weighted by molar-refractivity contribution is 6.29. The van der Waals surface area contributed by atoms with Crippen molar-refractivity contribution >= 4 is 23.1 Å². The van der Waals surface area contributed by atoms with E-state index >= 15 is 0 Å². The quantitative estimate of drug-likeness (QED) is 0.842. The van der Waals surface area contributed by atoms with Gasteiger partial charge in [0.15, 0.2) is 5.82 Å². The lowest BCUT2D eigenvalue weighted by Crippen LogP contribution is -2.25. The Kier molecular flexibility index (Phi) is 3.85. The number of hydrogen-bond acceptors (Lipinski definition) is 3. The summed E-state index contributed by atoms with van der Waals surface area (Å²) in [6.45, 7) is -0.207. The minimum Gasteiger partial charge on any atom is -0.396 e. The van der Waals surface area contributed by atoms with Crippen molar-refractivity contribution in [2.75, 3.05) is 24.2 Å². The van der Waals surface area contributed by atoms with Crippen LogP contribution in [0.3, 0.4) is 0 Å². The summed E-state index contributed by atoms with van der Waals surface area (Å²) in [5, 5.41) is 0.197. The first kappa shape index (κ1) is 12.9. The predicted octanol–water partition coefficient (Wildman–Crippen LogP) is 2.71. The number of nitrogen functional groups attached to an aromatic ring is 1. The number of nitrogens with two attached hydrogens (primary N) is 1. The van der Waals surface area contributed by atoms with Crippen LogP contribution in [0.15, 0.2) is 12.1 Å². The average molecular weight is 254 g/mol. The first-order valence-corrected chi connectivity index (χ1v) is 4.87. The molecule has 0 atom stereocenters. The third-order valence-electron chi connectivity index (χ3n) is 1.96. The maximum atomic E-state index is 12.0. The monoisotopic (exact) mass is 253 g/mol. The molecule has 0 amide bonds. The molecule has 0 aliphatic rings. The Labute approximate surface area is 96.0 Å². The van der Waals surface area contributed by atoms with Crippen molar-refractivity contribution in [3.8, 4) is 0 Å². The zero-order valence-corrected chi connectivity index (χ0v) is 9.31. The van der Waals surface area contributed by atoms with Gasteiger partial charge in [0.25, 0.3) is 0 Å². The van der Waals surface area contributed by atoms with E-state index in [2.05, 4.69) is 4.98 Å². The van der Waals surface area contributed by atoms with Gasteiger partial charge in [-0.2, -0.15) is 13.2 Å². The van der Waals surface area contributed by atoms with E-state index in [4.69, 9.17) is 17.3 Å². The third kappa shape index (κ3) is 3.77. The molecule has 1 aromatic rings. The van der Waals surface area contributed by atoms with Gasteiger partial charge in [-0.3, -0.25) is 0 Å². The van der Waals surface area contributed by atoms with Gasteiger partial charge < -0.3 is 10.6 Å². The van der Waals surface area contributed by atoms with Crippen molar-refractivity contribution in [3.05, 3.63) is 17.3 Å². The minimum atomic E-state index is -4.19. The number of halogens is 4. The number of alkyl halides is 3. The molecule has 0 saturated carbocycles. The van der Waals surface area contributed by atoms with Crippen molar-refractivity contribution < 1.29 is 13.2 Å². The standard InChI is InChI=1S/C9H11ClF3N3/c1-16(5-4-9(11,12)13)8-6(14)2-3-7(10)15-8/h2-3H,4-5,14H2,1H3. The van der Waals surface area contributed by atoms with Gasteiger partial charge in [-0.05, 0) is 12.1 Å². The molecule has 0 spiro atoms. The second-order valence-electron chi connectivity index (χ2n) is 3.33. The SMILES string of the molecule is CN(CCC(F)(F)F)c1nc(Cl)ccc1N. The van der Waals surface area contributed by atoms with Crippen LogP contribution < -0.4 is 10.6 Å². The summed E-state index contributed by atoms with van der Waals surface area (Å²) in [6, 6.07) is 2.99. The molecule has 3 nitrogen and oxygen atoms in total. The molecule has 0 radical (unpaired) electrons. The Morgan fingerprint density at radius 3 is 2.62 bits per heavy atom. The minimum absolute atomic E-state index is 0.197. The molecule has 16 heavy (non-hydrogen) atoms. The zero-order chi connectivity index (χ0) is 12.3. The summed E-state index contributed by atoms with van der Waals surface area (Å²) >= 11 is 5.64. The van der Waals surface area contributed by atoms with Crippen molar-refractivity contribution in [1.29, 1.82) is 0 Å². The van der Waals surface area contributed by atoms with Crippen molar-refractivity contribution in [2.24, 2.45) is 0 Å². The summed E-state index contributed by atoms with van der Waals surface area (Å²) in [7, 11) is 1.49. The molecule has 0 aliphatic heterocycles. The maximum Gasteiger partial charge on any atom is 0.390 e. The molecule has 1 heterocycles. The second-order valence-corrected chi connectivity index (χ2v) is 3.72. The Morgan fingerprint density at radius 1 is 1.44 bits per heavy atom. The first-order valence-electron chi connectivity index (χ1n) is 4.49. The van der Waals surface area contributed by atoms with Crippen LogP contribution in [0.1, 0.15) is 6.42 Å². The summed E-state index contributed by atoms with van der Waals surface area (Å²) in [5.74, 6) is 0.261. The van der Waals surface area contributed by atoms with Gasteiger partial charge in [-0.15, -0.1) is 0 Å². The lowest BCUT2D eigenvalue weighted by atomic mass is 10.3. The maximum absolute atomic E-state index is 12.0. The van der Waals surface area contributed by atoms with Crippen LogP contribution in [0.2, 0.25) is 5.15 Å². The van der Waals surface area contributed by atoms with Gasteiger partial charge in [0.1, 0.15) is 5.15 Å². The molecule has 1 aromatic heterocycles. The first-order chi connectivity index (χ1) is 7.29. The van der Waals surface area contributed by atoms with Crippen LogP contribution in [0.4, 0.5) is 24.7 Å². The molecule has 0 saturated heterocycles. The number of nitrogens with zero attached hydrogens (tertiary/aromatic N) is 2. The molecule has 90 valence electrons. The number of anilines is 2. The summed E-state index contributed by atoms with van der Waals surface area (Å²) in [5.41, 5.74) is 5.89. The second kappa shape index (κ2) is 4.78. The topological polar surface area (TPSA) is 42.2 Å². The van der Waals surface area contributed by atoms with E-state index in [1.54, 1.807) is 0 Å². The largest absolute Gasteiger partial charge is 0.396 e. The van der Waals surface area contributed by atoms with Gasteiger partial charge >= 0.3 is 6.18 Å². The Morgan fingerprint density at radius 2 is 2.06 bits per heavy atom. The van der Waals surface area contributed by atoms with E-state index < -0.39 is 12.6 Å². The van der Waals surface area contributed by atoms with E-state index in [9.17, 15) is 13.2 Å². The van der Waals surface area contributed by atoms with Gasteiger partial charge in [0.2, 0.25) is 0 Å². The molecule has 7 heteroatoms. The number of pyridine rings is 1. The fourth-order valence-corrected chi connectivity index (χ4v) is 1.29. The summed E-state index contributed by atoms with van der Waals surface area (Å²) in [6.07, 6.45) is -5.11. The fourth-order valence-electron chi connectivity index (χ4n) is 1.14. The van der Waals surface area contributed by atoms with Crippen LogP contribution in [-0.2, 0) is 0 Å². The van der Waals surface area contributed by atoms with Crippen LogP contribution in [-0.4, -0.2) is 24.8 Å². The van der Waals surface area contributed by atoms with Gasteiger partial charge in [-0.25, -0.2) is 4.98 Å². The number of hydrogen-bond donors (Lipinski definition) is 1. The van der Waals surface area contributed by atoms with Crippen LogP contribution in [0.5, 0.6) is 0 Å². The van der Waals surface area contributed by atoms with Crippen LogP contribution in [0, 0.1) is 0 Å². The summed E-state index contributed by atoms with van der Waals surface area (Å²) in [4.78, 5) is 5.20. The lowest BCUT2D eigenvalue weighted by Gasteiger charge is -2.20. The van der Waals surface area contributed by atoms with E-state index in [-0.39, 0.29) is 17.5 Å². The van der Waals surface area contributed by atoms with Gasteiger partial charge in [0.05, 0.1) is 12.1 Å². The third-order valence-corrected chi connectivity index (χ3v) is 2.17. The van der Waals surface area contributed by atoms with Crippen molar-refractivity contribution in [2.45, 2.75) is 12.6 Å². The van der Waals surface area contributed by atoms with E-state index in [0.29, 0.717) is 5.69 Å². The van der Waals surface area contributed by atoms with Crippen molar-refractivity contribution in [3.63, 3.8) is 0 Å². The molecule has 1 rings (SSSR count). The highest BCUT2D eigenvalue weighted by atomic mass is 35.5. The molecule has 0 bridgehead atoms. The Balaban J connectivity index is 2.73. The molecular formula is C9H11ClF3N3. The highest BCUT2D eigenvalue weighted by Gasteiger charge is 2.27. The Hall–Kier alpha value is -1.17. The number of aromatic nitrogens is 1. The average Bonchev–Trinajstić information content (AvgIpc) is 2.17. The predicted molar refractivity (Wildman–Crippen MR) is 57.6 cm³/mol. The van der Waals surface area contributed by atoms with Crippen LogP contribution >= 0.6 is 11.6 Å². The molecule has 0 unspecified atom stereocenters. The van der Waals surface area contributed by atoms with Gasteiger partial charge in [0, 0.05) is 13.6 Å². The highest BCUT2D eigenvalue weighted by Crippen LogP contribution is 2.24. The summed E-state index contributed by atoms with van der Waals surface area (Å²) < 4.78 is 36.0. The molecule has 0 fully saturated rings. The van der Waals surface area contributed by atoms with E-state index in [1.165, 1.54) is 24.1 Å². The smallest absolute Gasteiger partial charge is 0.390 e. The molecular weight excluding hydrogens is 243 g/mol. The van der Waals surface area contributed by atoms with Gasteiger partial charge in [-0.1, -0.05) is 11.6 Å². The lowest BCUT2D eigenvalue weighted by molar-refractivity contribution is -0.132. The van der Waals surface area contributed by atoms with Crippen LogP contribution in [0.25, 0.3) is 0 Å². The zero-order valence-electron chi connectivity index (χ0n) is 8.55.